The van der Waals surface area contributed by atoms with E-state index in [2.05, 4.69) is 9.98 Å². The number of ketones is 1. The van der Waals surface area contributed by atoms with Crippen LogP contribution in [0.4, 0.5) is 4.39 Å². The number of likely N-dealkylation sites (N-methyl/N-ethyl adjacent to an activating group) is 1. The molecule has 2 N–H and O–H groups in total. The maximum atomic E-state index is 14.4. The van der Waals surface area contributed by atoms with Crippen LogP contribution in [0.5, 0.6) is 0 Å². The molecule has 34 heavy (non-hydrogen) atoms. The lowest BCUT2D eigenvalue weighted by atomic mass is 9.83. The van der Waals surface area contributed by atoms with Crippen LogP contribution in [0.3, 0.4) is 0 Å². The van der Waals surface area contributed by atoms with Gasteiger partial charge in [0.25, 0.3) is 5.91 Å². The van der Waals surface area contributed by atoms with E-state index in [4.69, 9.17) is 5.73 Å². The Kier molecular flexibility index (Phi) is 5.31. The Morgan fingerprint density at radius 1 is 1.21 bits per heavy atom. The maximum absolute atomic E-state index is 14.4. The Bertz CT molecular complexity index is 1330. The van der Waals surface area contributed by atoms with Crippen LogP contribution in [0, 0.1) is 11.9 Å². The number of carbonyl (C=O) groups excluding carboxylic acids is 2. The number of guanidine groups is 1. The van der Waals surface area contributed by atoms with E-state index >= 15 is 0 Å². The molecule has 1 aliphatic heterocycles. The molecule has 8 heteroatoms. The van der Waals surface area contributed by atoms with Crippen LogP contribution in [-0.2, 0) is 16.9 Å². The van der Waals surface area contributed by atoms with Gasteiger partial charge in [0.15, 0.2) is 17.3 Å². The van der Waals surface area contributed by atoms with E-state index in [9.17, 15) is 14.0 Å². The number of nitrogens with two attached hydrogens (primary N) is 1. The van der Waals surface area contributed by atoms with Crippen molar-refractivity contribution in [2.75, 3.05) is 7.05 Å². The lowest BCUT2D eigenvalue weighted by Gasteiger charge is -2.25. The second kappa shape index (κ2) is 8.20. The van der Waals surface area contributed by atoms with Crippen molar-refractivity contribution >= 4 is 17.6 Å². The fraction of sp³-hybridized carbons (Fsp3) is 0.308. The zero-order valence-corrected chi connectivity index (χ0v) is 19.2. The summed E-state index contributed by atoms with van der Waals surface area (Å²) in [4.78, 5) is 36.2. The Balaban J connectivity index is 1.70. The predicted octanol–water partition coefficient (Wildman–Crippen LogP) is 3.72. The van der Waals surface area contributed by atoms with E-state index in [-0.39, 0.29) is 17.6 Å². The van der Waals surface area contributed by atoms with E-state index in [1.165, 1.54) is 11.1 Å². The average molecular weight is 460 g/mol. The Morgan fingerprint density at radius 3 is 2.65 bits per heavy atom. The smallest absolute Gasteiger partial charge is 0.266 e. The second-order valence-corrected chi connectivity index (χ2v) is 8.95. The van der Waals surface area contributed by atoms with E-state index in [0.29, 0.717) is 40.3 Å². The van der Waals surface area contributed by atoms with Gasteiger partial charge in [-0.1, -0.05) is 25.1 Å². The summed E-state index contributed by atoms with van der Waals surface area (Å²) in [5, 5.41) is 0. The van der Waals surface area contributed by atoms with Gasteiger partial charge in [-0.25, -0.2) is 9.98 Å². The first-order valence-corrected chi connectivity index (χ1v) is 11.4. The van der Waals surface area contributed by atoms with E-state index in [1.54, 1.807) is 49.5 Å². The molecule has 7 nitrogen and oxygen atoms in total. The van der Waals surface area contributed by atoms with E-state index < -0.39 is 11.5 Å². The Morgan fingerprint density at radius 2 is 2.00 bits per heavy atom. The van der Waals surface area contributed by atoms with Crippen molar-refractivity contribution in [3.05, 3.63) is 77.6 Å². The van der Waals surface area contributed by atoms with E-state index in [1.807, 2.05) is 17.7 Å². The minimum Gasteiger partial charge on any atom is -0.369 e. The van der Waals surface area contributed by atoms with Gasteiger partial charge in [0.2, 0.25) is 5.95 Å². The summed E-state index contributed by atoms with van der Waals surface area (Å²) in [6.45, 7) is 2.55. The molecule has 0 spiro atoms. The number of aliphatic imine (C=N–C) groups is 1. The van der Waals surface area contributed by atoms with Crippen LogP contribution in [-0.4, -0.2) is 39.1 Å². The number of pyridine rings is 1. The standard InChI is InChI=1S/C26H26FN5O2/c1-3-22(33)21-13-19(15-32(21)14-16-9-10-16)26(24(34)31(2)25(28)30-26)18-7-4-6-17(12-18)20-8-5-11-29-23(20)27/h4-8,11-13,15-16H,3,9-10,14H2,1-2H3,(H2,28,30)/t26-/m1/s1. The molecule has 1 amide bonds. The molecule has 2 aromatic heterocycles. The SMILES string of the molecule is CCC(=O)c1cc([C@@]2(c3cccc(-c4cccnc4F)c3)N=C(N)N(C)C2=O)cn1CC1CC1. The minimum atomic E-state index is -1.47. The molecule has 3 heterocycles. The highest BCUT2D eigenvalue weighted by Crippen LogP contribution is 2.42. The van der Waals surface area contributed by atoms with Crippen LogP contribution in [0.15, 0.2) is 59.9 Å². The largest absolute Gasteiger partial charge is 0.369 e. The van der Waals surface area contributed by atoms with Gasteiger partial charge in [-0.05, 0) is 54.2 Å². The zero-order chi connectivity index (χ0) is 24.0. The molecule has 174 valence electrons. The molecule has 0 bridgehead atoms. The third-order valence-corrected chi connectivity index (χ3v) is 6.66. The summed E-state index contributed by atoms with van der Waals surface area (Å²) < 4.78 is 16.4. The number of nitrogens with zero attached hydrogens (tertiary/aromatic N) is 4. The summed E-state index contributed by atoms with van der Waals surface area (Å²) >= 11 is 0. The number of Topliss-reactive ketones (excluding diaryl/α,β-unsaturated/α-hetero) is 1. The summed E-state index contributed by atoms with van der Waals surface area (Å²) in [6.07, 6.45) is 5.86. The van der Waals surface area contributed by atoms with Crippen LogP contribution in [0.1, 0.15) is 47.8 Å². The van der Waals surface area contributed by atoms with Crippen LogP contribution in [0.25, 0.3) is 11.1 Å². The van der Waals surface area contributed by atoms with Crippen LogP contribution >= 0.6 is 0 Å². The first-order valence-electron chi connectivity index (χ1n) is 11.4. The molecule has 3 aromatic rings. The van der Waals surface area contributed by atoms with Gasteiger partial charge in [-0.2, -0.15) is 4.39 Å². The quantitative estimate of drug-likeness (QED) is 0.430. The summed E-state index contributed by atoms with van der Waals surface area (Å²) in [5.41, 5.74) is 7.24. The number of benzene rings is 1. The third kappa shape index (κ3) is 3.50. The monoisotopic (exact) mass is 459 g/mol. The average Bonchev–Trinajstić information content (AvgIpc) is 3.52. The summed E-state index contributed by atoms with van der Waals surface area (Å²) in [5.74, 6) is -0.303. The Hall–Kier alpha value is -3.81. The number of aromatic nitrogens is 2. The molecule has 1 atom stereocenters. The molecular weight excluding hydrogens is 433 g/mol. The van der Waals surface area contributed by atoms with Crippen molar-refractivity contribution in [3.63, 3.8) is 0 Å². The molecule has 1 aromatic carbocycles. The topological polar surface area (TPSA) is 93.6 Å². The van der Waals surface area contributed by atoms with Crippen molar-refractivity contribution in [1.82, 2.24) is 14.5 Å². The molecule has 0 radical (unpaired) electrons. The van der Waals surface area contributed by atoms with Gasteiger partial charge in [-0.3, -0.25) is 14.5 Å². The fourth-order valence-corrected chi connectivity index (χ4v) is 4.55. The number of hydrogen-bond acceptors (Lipinski definition) is 5. The fourth-order valence-electron chi connectivity index (χ4n) is 4.55. The molecule has 1 saturated carbocycles. The minimum absolute atomic E-state index is 0.00369. The van der Waals surface area contributed by atoms with Crippen LogP contribution in [0.2, 0.25) is 0 Å². The second-order valence-electron chi connectivity index (χ2n) is 8.95. The molecule has 0 saturated heterocycles. The van der Waals surface area contributed by atoms with Crippen molar-refractivity contribution in [1.29, 1.82) is 0 Å². The van der Waals surface area contributed by atoms with Gasteiger partial charge in [0.1, 0.15) is 0 Å². The predicted molar refractivity (Wildman–Crippen MR) is 127 cm³/mol. The van der Waals surface area contributed by atoms with Gasteiger partial charge < -0.3 is 10.3 Å². The highest BCUT2D eigenvalue weighted by atomic mass is 19.1. The summed E-state index contributed by atoms with van der Waals surface area (Å²) in [6, 6.07) is 12.1. The molecule has 1 aliphatic carbocycles. The lowest BCUT2D eigenvalue weighted by Crippen LogP contribution is -2.41. The van der Waals surface area contributed by atoms with Crippen molar-refractivity contribution < 1.29 is 14.0 Å². The number of carbonyl (C=O) groups is 2. The van der Waals surface area contributed by atoms with Crippen LogP contribution < -0.4 is 5.73 Å². The number of amides is 1. The highest BCUT2D eigenvalue weighted by Gasteiger charge is 2.50. The van der Waals surface area contributed by atoms with E-state index in [0.717, 1.165) is 19.4 Å². The molecular formula is C26H26FN5O2. The van der Waals surface area contributed by atoms with Crippen molar-refractivity contribution in [3.8, 4) is 11.1 Å². The summed E-state index contributed by atoms with van der Waals surface area (Å²) in [7, 11) is 1.58. The van der Waals surface area contributed by atoms with Gasteiger partial charge in [-0.15, -0.1) is 0 Å². The molecule has 1 fully saturated rings. The number of hydrogen-bond donors (Lipinski definition) is 1. The van der Waals surface area contributed by atoms with Crippen molar-refractivity contribution in [2.24, 2.45) is 16.6 Å². The highest BCUT2D eigenvalue weighted by molar-refractivity contribution is 6.09. The number of rotatable bonds is 7. The molecule has 2 aliphatic rings. The first kappa shape index (κ1) is 22.0. The zero-order valence-electron chi connectivity index (χ0n) is 19.2. The van der Waals surface area contributed by atoms with Crippen molar-refractivity contribution in [2.45, 2.75) is 38.3 Å². The molecule has 0 unspecified atom stereocenters. The third-order valence-electron chi connectivity index (χ3n) is 6.66. The Labute approximate surface area is 197 Å². The van der Waals surface area contributed by atoms with Gasteiger partial charge in [0, 0.05) is 43.5 Å². The normalized spacial score (nSPS) is 20.0. The lowest BCUT2D eigenvalue weighted by molar-refractivity contribution is -0.129. The first-order chi connectivity index (χ1) is 16.3. The number of halogens is 1. The maximum Gasteiger partial charge on any atom is 0.266 e. The molecule has 5 rings (SSSR count). The van der Waals surface area contributed by atoms with Gasteiger partial charge >= 0.3 is 0 Å². The van der Waals surface area contributed by atoms with Gasteiger partial charge in [0.05, 0.1) is 5.69 Å².